The first-order valence-corrected chi connectivity index (χ1v) is 9.25. The van der Waals surface area contributed by atoms with Crippen molar-refractivity contribution in [1.29, 1.82) is 0 Å². The topological polar surface area (TPSA) is 44.4 Å². The summed E-state index contributed by atoms with van der Waals surface area (Å²) in [5, 5.41) is 6.12. The Morgan fingerprint density at radius 3 is 2.20 bits per heavy atom. The fourth-order valence-electron chi connectivity index (χ4n) is 3.66. The number of nitrogens with zero attached hydrogens (tertiary/aromatic N) is 1. The normalized spacial score (nSPS) is 18.5. The van der Waals surface area contributed by atoms with E-state index in [1.54, 1.807) is 0 Å². The van der Waals surface area contributed by atoms with Crippen molar-refractivity contribution < 1.29 is 4.79 Å². The number of anilines is 2. The van der Waals surface area contributed by atoms with Gasteiger partial charge in [0.15, 0.2) is 0 Å². The van der Waals surface area contributed by atoms with Crippen LogP contribution in [0.15, 0.2) is 54.6 Å². The standard InChI is InChI=1S/C21H25N3O/c25-20(23-21(13-14-21)17-7-3-1-4-8-17)22-18-9-11-19(12-10-18)24-15-5-2-6-16-24/h1,3-4,7-12H,2,5-6,13-16H2,(H2,22,23,25). The number of hydrogen-bond donors (Lipinski definition) is 2. The van der Waals surface area contributed by atoms with Gasteiger partial charge in [0.05, 0.1) is 5.54 Å². The van der Waals surface area contributed by atoms with Crippen molar-refractivity contribution in [2.45, 2.75) is 37.6 Å². The smallest absolute Gasteiger partial charge is 0.319 e. The summed E-state index contributed by atoms with van der Waals surface area (Å²) in [4.78, 5) is 14.8. The van der Waals surface area contributed by atoms with Crippen LogP contribution >= 0.6 is 0 Å². The monoisotopic (exact) mass is 335 g/mol. The zero-order chi connectivity index (χ0) is 17.1. The molecule has 0 spiro atoms. The van der Waals surface area contributed by atoms with Crippen molar-refractivity contribution in [2.24, 2.45) is 0 Å². The van der Waals surface area contributed by atoms with Gasteiger partial charge in [-0.2, -0.15) is 0 Å². The minimum absolute atomic E-state index is 0.132. The molecule has 4 rings (SSSR count). The molecule has 2 aliphatic rings. The Labute approximate surface area is 149 Å². The zero-order valence-electron chi connectivity index (χ0n) is 14.5. The van der Waals surface area contributed by atoms with Gasteiger partial charge >= 0.3 is 6.03 Å². The van der Waals surface area contributed by atoms with Gasteiger partial charge in [-0.1, -0.05) is 30.3 Å². The third kappa shape index (κ3) is 3.63. The molecule has 0 aromatic heterocycles. The maximum atomic E-state index is 12.4. The van der Waals surface area contributed by atoms with E-state index in [1.807, 2.05) is 30.3 Å². The summed E-state index contributed by atoms with van der Waals surface area (Å²) < 4.78 is 0. The van der Waals surface area contributed by atoms with E-state index in [9.17, 15) is 4.79 Å². The minimum Gasteiger partial charge on any atom is -0.372 e. The Bertz CT molecular complexity index is 717. The third-order valence-corrected chi connectivity index (χ3v) is 5.28. The predicted octanol–water partition coefficient (Wildman–Crippen LogP) is 4.49. The van der Waals surface area contributed by atoms with E-state index in [2.05, 4.69) is 39.8 Å². The quantitative estimate of drug-likeness (QED) is 0.865. The molecule has 1 heterocycles. The van der Waals surface area contributed by atoms with Gasteiger partial charge in [-0.25, -0.2) is 4.79 Å². The van der Waals surface area contributed by atoms with Crippen LogP contribution < -0.4 is 15.5 Å². The number of rotatable bonds is 4. The molecular formula is C21H25N3O. The number of urea groups is 1. The third-order valence-electron chi connectivity index (χ3n) is 5.28. The molecule has 2 aromatic rings. The highest BCUT2D eigenvalue weighted by atomic mass is 16.2. The molecule has 1 aliphatic heterocycles. The van der Waals surface area contributed by atoms with Crippen molar-refractivity contribution in [1.82, 2.24) is 5.32 Å². The highest BCUT2D eigenvalue weighted by molar-refractivity contribution is 5.90. The van der Waals surface area contributed by atoms with E-state index in [4.69, 9.17) is 0 Å². The molecule has 0 bridgehead atoms. The maximum Gasteiger partial charge on any atom is 0.319 e. The van der Waals surface area contributed by atoms with Crippen LogP contribution in [0.4, 0.5) is 16.2 Å². The largest absolute Gasteiger partial charge is 0.372 e. The maximum absolute atomic E-state index is 12.4. The second-order valence-electron chi connectivity index (χ2n) is 7.12. The van der Waals surface area contributed by atoms with Crippen LogP contribution in [0.5, 0.6) is 0 Å². The summed E-state index contributed by atoms with van der Waals surface area (Å²) in [6.45, 7) is 2.26. The van der Waals surface area contributed by atoms with Crippen LogP contribution in [-0.4, -0.2) is 19.1 Å². The molecule has 2 N–H and O–H groups in total. The van der Waals surface area contributed by atoms with Gasteiger partial charge in [0.1, 0.15) is 0 Å². The number of benzene rings is 2. The number of amides is 2. The molecule has 4 heteroatoms. The number of piperidine rings is 1. The first kappa shape index (κ1) is 16.0. The lowest BCUT2D eigenvalue weighted by molar-refractivity contribution is 0.247. The second-order valence-corrected chi connectivity index (χ2v) is 7.12. The summed E-state index contributed by atoms with van der Waals surface area (Å²) in [7, 11) is 0. The van der Waals surface area contributed by atoms with Crippen LogP contribution in [0.25, 0.3) is 0 Å². The average molecular weight is 335 g/mol. The Hall–Kier alpha value is -2.49. The van der Waals surface area contributed by atoms with E-state index in [0.29, 0.717) is 0 Å². The Kier molecular flexibility index (Phi) is 4.35. The number of nitrogens with one attached hydrogen (secondary N) is 2. The molecular weight excluding hydrogens is 310 g/mol. The predicted molar refractivity (Wildman–Crippen MR) is 102 cm³/mol. The minimum atomic E-state index is -0.181. The summed E-state index contributed by atoms with van der Waals surface area (Å²) in [5.74, 6) is 0. The van der Waals surface area contributed by atoms with Crippen molar-refractivity contribution in [3.63, 3.8) is 0 Å². The molecule has 0 atom stereocenters. The summed E-state index contributed by atoms with van der Waals surface area (Å²) in [5.41, 5.74) is 3.08. The molecule has 1 saturated heterocycles. The van der Waals surface area contributed by atoms with Crippen LogP contribution in [0, 0.1) is 0 Å². The molecule has 0 unspecified atom stereocenters. The molecule has 2 fully saturated rings. The molecule has 1 saturated carbocycles. The Balaban J connectivity index is 1.36. The average Bonchev–Trinajstić information content (AvgIpc) is 3.44. The lowest BCUT2D eigenvalue weighted by atomic mass is 10.1. The lowest BCUT2D eigenvalue weighted by Crippen LogP contribution is -2.38. The van der Waals surface area contributed by atoms with Crippen molar-refractivity contribution in [3.05, 3.63) is 60.2 Å². The first-order valence-electron chi connectivity index (χ1n) is 9.25. The van der Waals surface area contributed by atoms with E-state index in [0.717, 1.165) is 31.6 Å². The Morgan fingerprint density at radius 1 is 0.880 bits per heavy atom. The fraction of sp³-hybridized carbons (Fsp3) is 0.381. The molecule has 2 aromatic carbocycles. The molecule has 2 amide bonds. The van der Waals surface area contributed by atoms with E-state index in [-0.39, 0.29) is 11.6 Å². The van der Waals surface area contributed by atoms with Gasteiger partial charge in [-0.15, -0.1) is 0 Å². The van der Waals surface area contributed by atoms with Crippen LogP contribution in [0.3, 0.4) is 0 Å². The van der Waals surface area contributed by atoms with Crippen molar-refractivity contribution in [2.75, 3.05) is 23.3 Å². The fourth-order valence-corrected chi connectivity index (χ4v) is 3.66. The zero-order valence-corrected chi connectivity index (χ0v) is 14.5. The van der Waals surface area contributed by atoms with Crippen LogP contribution in [0.1, 0.15) is 37.7 Å². The SMILES string of the molecule is O=C(Nc1ccc(N2CCCCC2)cc1)NC1(c2ccccc2)CC1. The van der Waals surface area contributed by atoms with Gasteiger partial charge in [-0.3, -0.25) is 0 Å². The summed E-state index contributed by atoms with van der Waals surface area (Å²) in [6.07, 6.45) is 5.87. The van der Waals surface area contributed by atoms with E-state index >= 15 is 0 Å². The molecule has 25 heavy (non-hydrogen) atoms. The number of carbonyl (C=O) groups excluding carboxylic acids is 1. The van der Waals surface area contributed by atoms with Crippen LogP contribution in [-0.2, 0) is 5.54 Å². The van der Waals surface area contributed by atoms with Crippen molar-refractivity contribution >= 4 is 17.4 Å². The first-order chi connectivity index (χ1) is 12.3. The second kappa shape index (κ2) is 6.79. The van der Waals surface area contributed by atoms with Gasteiger partial charge in [-0.05, 0) is 61.9 Å². The van der Waals surface area contributed by atoms with E-state index < -0.39 is 0 Å². The van der Waals surface area contributed by atoms with Crippen LogP contribution in [0.2, 0.25) is 0 Å². The molecule has 4 nitrogen and oxygen atoms in total. The highest BCUT2D eigenvalue weighted by Gasteiger charge is 2.45. The Morgan fingerprint density at radius 2 is 1.56 bits per heavy atom. The van der Waals surface area contributed by atoms with Crippen molar-refractivity contribution in [3.8, 4) is 0 Å². The van der Waals surface area contributed by atoms with Gasteiger partial charge in [0.2, 0.25) is 0 Å². The number of carbonyl (C=O) groups is 1. The molecule has 0 radical (unpaired) electrons. The summed E-state index contributed by atoms with van der Waals surface area (Å²) >= 11 is 0. The summed E-state index contributed by atoms with van der Waals surface area (Å²) in [6, 6.07) is 18.3. The molecule has 1 aliphatic carbocycles. The molecule has 130 valence electrons. The lowest BCUT2D eigenvalue weighted by Gasteiger charge is -2.28. The number of hydrogen-bond acceptors (Lipinski definition) is 2. The van der Waals surface area contributed by atoms with E-state index in [1.165, 1.54) is 30.5 Å². The van der Waals surface area contributed by atoms with Gasteiger partial charge in [0.25, 0.3) is 0 Å². The van der Waals surface area contributed by atoms with Gasteiger partial charge < -0.3 is 15.5 Å². The highest BCUT2D eigenvalue weighted by Crippen LogP contribution is 2.45. The van der Waals surface area contributed by atoms with Gasteiger partial charge in [0, 0.05) is 24.5 Å².